The van der Waals surface area contributed by atoms with Crippen molar-refractivity contribution in [3.05, 3.63) is 0 Å². The van der Waals surface area contributed by atoms with Crippen LogP contribution in [0.1, 0.15) is 13.3 Å². The van der Waals surface area contributed by atoms with Crippen LogP contribution in [0.15, 0.2) is 0 Å². The minimum atomic E-state index is 0.430. The number of hydrogen-bond donors (Lipinski definition) is 1. The molecule has 0 radical (unpaired) electrons. The SMILES string of the molecule is CCC(NC)[I-]C. The molecule has 46 valence electrons. The Morgan fingerprint density at radius 1 is 1.71 bits per heavy atom. The standard InChI is InChI=1S/C5H13IN/c1-4-5(6-2)7-3/h5,7H,4H2,1-3H3/q-1. The molecule has 0 saturated carbocycles. The van der Waals surface area contributed by atoms with Crippen LogP contribution < -0.4 is 26.5 Å². The van der Waals surface area contributed by atoms with Gasteiger partial charge in [-0.1, -0.05) is 0 Å². The molecular weight excluding hydrogens is 201 g/mol. The summed E-state index contributed by atoms with van der Waals surface area (Å²) < 4.78 is 0.846. The third-order valence-corrected chi connectivity index (χ3v) is 3.94. The molecule has 0 heterocycles. The molecule has 0 saturated heterocycles. The van der Waals surface area contributed by atoms with Gasteiger partial charge >= 0.3 is 55.9 Å². The van der Waals surface area contributed by atoms with E-state index in [4.69, 9.17) is 0 Å². The molecular formula is C5H13IN-. The zero-order valence-corrected chi connectivity index (χ0v) is 7.32. The Morgan fingerprint density at radius 2 is 2.29 bits per heavy atom. The summed E-state index contributed by atoms with van der Waals surface area (Å²) in [4.78, 5) is 2.31. The van der Waals surface area contributed by atoms with Crippen LogP contribution in [-0.2, 0) is 0 Å². The summed E-state index contributed by atoms with van der Waals surface area (Å²) in [6, 6.07) is 0. The van der Waals surface area contributed by atoms with Crippen molar-refractivity contribution in [2.45, 2.75) is 17.4 Å². The van der Waals surface area contributed by atoms with E-state index in [1.54, 1.807) is 0 Å². The minimum absolute atomic E-state index is 0.430. The number of nitrogens with one attached hydrogen (secondary N) is 1. The van der Waals surface area contributed by atoms with E-state index in [-0.39, 0.29) is 0 Å². The fraction of sp³-hybridized carbons (Fsp3) is 1.00. The van der Waals surface area contributed by atoms with Gasteiger partial charge in [-0.2, -0.15) is 0 Å². The zero-order valence-electron chi connectivity index (χ0n) is 5.16. The number of alkyl halides is 2. The van der Waals surface area contributed by atoms with E-state index in [1.807, 2.05) is 7.05 Å². The van der Waals surface area contributed by atoms with Gasteiger partial charge in [0, 0.05) is 0 Å². The van der Waals surface area contributed by atoms with E-state index < -0.39 is 0 Å². The molecule has 0 spiro atoms. The molecule has 2 heteroatoms. The van der Waals surface area contributed by atoms with E-state index in [1.165, 1.54) is 6.42 Å². The Bertz CT molecular complexity index is 29.6. The van der Waals surface area contributed by atoms with Crippen LogP contribution in [0.2, 0.25) is 0 Å². The van der Waals surface area contributed by atoms with Crippen LogP contribution in [0.4, 0.5) is 0 Å². The maximum atomic E-state index is 3.25. The first-order valence-electron chi connectivity index (χ1n) is 2.50. The zero-order chi connectivity index (χ0) is 5.70. The van der Waals surface area contributed by atoms with Crippen LogP contribution in [0, 0.1) is 0 Å². The molecule has 0 aliphatic rings. The normalized spacial score (nSPS) is 14.7. The molecule has 7 heavy (non-hydrogen) atoms. The molecule has 0 fully saturated rings. The van der Waals surface area contributed by atoms with Gasteiger partial charge in [-0.25, -0.2) is 0 Å². The van der Waals surface area contributed by atoms with Gasteiger partial charge in [0.15, 0.2) is 0 Å². The number of hydrogen-bond acceptors (Lipinski definition) is 1. The van der Waals surface area contributed by atoms with Crippen molar-refractivity contribution >= 4 is 0 Å². The third-order valence-electron chi connectivity index (χ3n) is 0.935. The van der Waals surface area contributed by atoms with Gasteiger partial charge in [-0.05, 0) is 0 Å². The first-order valence-corrected chi connectivity index (χ1v) is 5.90. The quantitative estimate of drug-likeness (QED) is 0.315. The van der Waals surface area contributed by atoms with Crippen molar-refractivity contribution in [1.82, 2.24) is 5.32 Å². The van der Waals surface area contributed by atoms with Crippen LogP contribution in [0.3, 0.4) is 0 Å². The van der Waals surface area contributed by atoms with E-state index in [9.17, 15) is 0 Å². The molecule has 1 nitrogen and oxygen atoms in total. The van der Waals surface area contributed by atoms with E-state index in [0.717, 1.165) is 4.05 Å². The van der Waals surface area contributed by atoms with Gasteiger partial charge in [-0.3, -0.25) is 0 Å². The van der Waals surface area contributed by atoms with Crippen molar-refractivity contribution < 1.29 is 21.2 Å². The Morgan fingerprint density at radius 3 is 2.29 bits per heavy atom. The molecule has 1 atom stereocenters. The Kier molecular flexibility index (Phi) is 5.32. The molecule has 1 N–H and O–H groups in total. The van der Waals surface area contributed by atoms with Crippen molar-refractivity contribution in [2.24, 2.45) is 0 Å². The average Bonchev–Trinajstić information content (AvgIpc) is 1.72. The molecule has 0 aromatic carbocycles. The monoisotopic (exact) mass is 214 g/mol. The number of halogens is 1. The van der Waals surface area contributed by atoms with Gasteiger partial charge < -0.3 is 0 Å². The Labute approximate surface area is 56.1 Å². The summed E-state index contributed by atoms with van der Waals surface area (Å²) in [6.07, 6.45) is 1.29. The molecule has 0 aliphatic carbocycles. The molecule has 0 aromatic rings. The second-order valence-electron chi connectivity index (χ2n) is 1.38. The molecule has 0 rings (SSSR count). The predicted molar refractivity (Wildman–Crippen MR) is 29.1 cm³/mol. The van der Waals surface area contributed by atoms with E-state index >= 15 is 0 Å². The van der Waals surface area contributed by atoms with Crippen molar-refractivity contribution in [2.75, 3.05) is 12.0 Å². The molecule has 0 aromatic heterocycles. The number of rotatable bonds is 3. The Hall–Kier alpha value is 0.690. The van der Waals surface area contributed by atoms with Gasteiger partial charge in [-0.15, -0.1) is 0 Å². The van der Waals surface area contributed by atoms with Crippen LogP contribution >= 0.6 is 0 Å². The predicted octanol–water partition coefficient (Wildman–Crippen LogP) is -2.34. The molecule has 0 bridgehead atoms. The second kappa shape index (κ2) is 4.84. The summed E-state index contributed by atoms with van der Waals surface area (Å²) >= 11 is 0.430. The molecule has 0 aliphatic heterocycles. The van der Waals surface area contributed by atoms with Gasteiger partial charge in [0.05, 0.1) is 0 Å². The fourth-order valence-electron chi connectivity index (χ4n) is 0.468. The van der Waals surface area contributed by atoms with Crippen LogP contribution in [-0.4, -0.2) is 16.0 Å². The molecule has 1 unspecified atom stereocenters. The summed E-state index contributed by atoms with van der Waals surface area (Å²) in [7, 11) is 2.04. The van der Waals surface area contributed by atoms with Gasteiger partial charge in [0.2, 0.25) is 0 Å². The Balaban J connectivity index is 2.99. The van der Waals surface area contributed by atoms with Crippen LogP contribution in [0.25, 0.3) is 0 Å². The van der Waals surface area contributed by atoms with E-state index in [0.29, 0.717) is 21.2 Å². The third kappa shape index (κ3) is 3.29. The van der Waals surface area contributed by atoms with Crippen molar-refractivity contribution in [3.63, 3.8) is 0 Å². The first kappa shape index (κ1) is 7.69. The summed E-state index contributed by atoms with van der Waals surface area (Å²) in [6.45, 7) is 2.23. The summed E-state index contributed by atoms with van der Waals surface area (Å²) in [5.74, 6) is 0. The van der Waals surface area contributed by atoms with Gasteiger partial charge in [0.25, 0.3) is 0 Å². The van der Waals surface area contributed by atoms with Crippen molar-refractivity contribution in [3.8, 4) is 0 Å². The second-order valence-corrected chi connectivity index (χ2v) is 4.13. The van der Waals surface area contributed by atoms with E-state index in [2.05, 4.69) is 17.2 Å². The topological polar surface area (TPSA) is 12.0 Å². The molecule has 0 amide bonds. The van der Waals surface area contributed by atoms with Crippen molar-refractivity contribution in [1.29, 1.82) is 0 Å². The summed E-state index contributed by atoms with van der Waals surface area (Å²) in [5, 5.41) is 3.25. The van der Waals surface area contributed by atoms with Gasteiger partial charge in [0.1, 0.15) is 0 Å². The summed E-state index contributed by atoms with van der Waals surface area (Å²) in [5.41, 5.74) is 0. The fourth-order valence-corrected chi connectivity index (χ4v) is 1.97. The maximum absolute atomic E-state index is 3.25. The first-order chi connectivity index (χ1) is 3.35. The average molecular weight is 214 g/mol. The van der Waals surface area contributed by atoms with Crippen LogP contribution in [0.5, 0.6) is 0 Å².